The number of likely N-dealkylation sites (N-methyl/N-ethyl adjacent to an activating group) is 2. The van der Waals surface area contributed by atoms with E-state index in [2.05, 4.69) is 25.3 Å². The monoisotopic (exact) mass is 360 g/mol. The highest BCUT2D eigenvalue weighted by Gasteiger charge is 2.37. The molecular formula is C15H24N2O2S3. The zero-order chi connectivity index (χ0) is 17.2. The molecule has 2 aliphatic heterocycles. The zero-order valence-corrected chi connectivity index (χ0v) is 16.4. The van der Waals surface area contributed by atoms with Crippen LogP contribution in [0.25, 0.3) is 0 Å². The summed E-state index contributed by atoms with van der Waals surface area (Å²) in [5.74, 6) is 0.612. The molecule has 0 aromatic rings. The maximum absolute atomic E-state index is 11.1. The molecule has 0 amide bonds. The summed E-state index contributed by atoms with van der Waals surface area (Å²) in [6, 6.07) is 0.245. The number of hydrogen-bond acceptors (Lipinski definition) is 5. The Kier molecular flexibility index (Phi) is 6.83. The minimum Gasteiger partial charge on any atom is -0.397 e. The summed E-state index contributed by atoms with van der Waals surface area (Å²) in [6.07, 6.45) is 0. The van der Waals surface area contributed by atoms with Gasteiger partial charge in [0.15, 0.2) is 0 Å². The van der Waals surface area contributed by atoms with Crippen LogP contribution in [-0.2, 0) is 9.53 Å². The quantitative estimate of drug-likeness (QED) is 0.552. The standard InChI is InChI=1S/C8H13NS2.C7H11NO2S/c1-5(2)7-6(3)11-8(10)9(7)4;1-4(2)5-6(9)10-7(11)8(5)3/h5,7H,3H2,1-2,4H3;4-5H,1-3H3. The van der Waals surface area contributed by atoms with E-state index in [1.165, 1.54) is 4.91 Å². The van der Waals surface area contributed by atoms with Crippen LogP contribution in [0.2, 0.25) is 0 Å². The maximum Gasteiger partial charge on any atom is 0.336 e. The Morgan fingerprint density at radius 3 is 1.77 bits per heavy atom. The van der Waals surface area contributed by atoms with Crippen molar-refractivity contribution in [3.05, 3.63) is 11.5 Å². The predicted molar refractivity (Wildman–Crippen MR) is 101 cm³/mol. The van der Waals surface area contributed by atoms with Gasteiger partial charge in [-0.3, -0.25) is 0 Å². The average Bonchev–Trinajstić information content (AvgIpc) is 2.77. The van der Waals surface area contributed by atoms with Crippen molar-refractivity contribution >= 4 is 51.7 Å². The lowest BCUT2D eigenvalue weighted by atomic mass is 10.0. The fraction of sp³-hybridized carbons (Fsp3) is 0.667. The first kappa shape index (κ1) is 19.4. The van der Waals surface area contributed by atoms with E-state index in [0.29, 0.717) is 12.0 Å². The average molecular weight is 361 g/mol. The number of esters is 1. The third-order valence-electron chi connectivity index (χ3n) is 3.65. The van der Waals surface area contributed by atoms with E-state index in [-0.39, 0.29) is 23.1 Å². The molecular weight excluding hydrogens is 336 g/mol. The Bertz CT molecular complexity index is 447. The van der Waals surface area contributed by atoms with Crippen LogP contribution in [-0.4, -0.2) is 51.4 Å². The fourth-order valence-electron chi connectivity index (χ4n) is 2.60. The van der Waals surface area contributed by atoms with Gasteiger partial charge in [0.25, 0.3) is 5.17 Å². The first-order valence-corrected chi connectivity index (χ1v) is 8.83. The smallest absolute Gasteiger partial charge is 0.336 e. The van der Waals surface area contributed by atoms with Crippen LogP contribution in [0.1, 0.15) is 27.7 Å². The highest BCUT2D eigenvalue weighted by atomic mass is 32.2. The Morgan fingerprint density at radius 2 is 1.59 bits per heavy atom. The Labute approximate surface area is 148 Å². The van der Waals surface area contributed by atoms with Crippen LogP contribution in [0.5, 0.6) is 0 Å². The molecule has 2 rings (SSSR count). The molecule has 0 spiro atoms. The van der Waals surface area contributed by atoms with Crippen molar-refractivity contribution < 1.29 is 9.53 Å². The van der Waals surface area contributed by atoms with E-state index < -0.39 is 0 Å². The first-order valence-electron chi connectivity index (χ1n) is 7.19. The molecule has 2 atom stereocenters. The van der Waals surface area contributed by atoms with E-state index in [1.807, 2.05) is 20.9 Å². The van der Waals surface area contributed by atoms with E-state index in [0.717, 1.165) is 4.32 Å². The summed E-state index contributed by atoms with van der Waals surface area (Å²) in [6.45, 7) is 12.3. The lowest BCUT2D eigenvalue weighted by Crippen LogP contribution is -2.35. The van der Waals surface area contributed by atoms with Crippen molar-refractivity contribution in [2.75, 3.05) is 14.1 Å². The maximum atomic E-state index is 11.1. The summed E-state index contributed by atoms with van der Waals surface area (Å²) >= 11 is 11.6. The van der Waals surface area contributed by atoms with Crippen molar-refractivity contribution in [2.24, 2.45) is 11.8 Å². The molecule has 0 aliphatic carbocycles. The molecule has 22 heavy (non-hydrogen) atoms. The second-order valence-electron chi connectivity index (χ2n) is 6.12. The van der Waals surface area contributed by atoms with Crippen LogP contribution in [0, 0.1) is 11.8 Å². The van der Waals surface area contributed by atoms with Crippen molar-refractivity contribution in [3.8, 4) is 0 Å². The molecule has 2 saturated heterocycles. The van der Waals surface area contributed by atoms with Crippen LogP contribution in [0.15, 0.2) is 11.5 Å². The summed E-state index contributed by atoms with van der Waals surface area (Å²) < 4.78 is 5.72. The van der Waals surface area contributed by atoms with E-state index in [4.69, 9.17) is 29.2 Å². The lowest BCUT2D eigenvalue weighted by molar-refractivity contribution is -0.136. The second-order valence-corrected chi connectivity index (χ2v) is 8.23. The number of cyclic esters (lactones) is 1. The number of ether oxygens (including phenoxy) is 1. The molecule has 0 N–H and O–H groups in total. The third-order valence-corrected chi connectivity index (χ3v) is 5.53. The molecule has 0 aromatic carbocycles. The number of carbonyl (C=O) groups excluding carboxylic acids is 1. The summed E-state index contributed by atoms with van der Waals surface area (Å²) in [5, 5.41) is 0.286. The second kappa shape index (κ2) is 7.75. The summed E-state index contributed by atoms with van der Waals surface area (Å²) in [5.41, 5.74) is 0. The number of rotatable bonds is 2. The molecule has 2 heterocycles. The highest BCUT2D eigenvalue weighted by molar-refractivity contribution is 8.25. The van der Waals surface area contributed by atoms with E-state index in [9.17, 15) is 4.79 Å². The SMILES string of the molecule is C=C1SC(=S)N(C)C1C(C)C.CC(C)C1C(=O)OC(=S)N1C. The zero-order valence-electron chi connectivity index (χ0n) is 14.0. The van der Waals surface area contributed by atoms with Crippen molar-refractivity contribution in [2.45, 2.75) is 39.8 Å². The van der Waals surface area contributed by atoms with E-state index in [1.54, 1.807) is 23.7 Å². The van der Waals surface area contributed by atoms with Gasteiger partial charge >= 0.3 is 5.97 Å². The predicted octanol–water partition coefficient (Wildman–Crippen LogP) is 3.27. The fourth-order valence-corrected chi connectivity index (χ4v) is 4.27. The first-order chi connectivity index (χ1) is 10.1. The summed E-state index contributed by atoms with van der Waals surface area (Å²) in [4.78, 5) is 16.1. The van der Waals surface area contributed by atoms with Gasteiger partial charge in [0, 0.05) is 19.0 Å². The van der Waals surface area contributed by atoms with Gasteiger partial charge in [-0.2, -0.15) is 0 Å². The molecule has 124 valence electrons. The number of hydrogen-bond donors (Lipinski definition) is 0. The number of thiocarbonyl (C=S) groups is 2. The Hall–Kier alpha value is -0.660. The molecule has 4 nitrogen and oxygen atoms in total. The normalized spacial score (nSPS) is 25.1. The van der Waals surface area contributed by atoms with Gasteiger partial charge in [-0.15, -0.1) is 0 Å². The topological polar surface area (TPSA) is 32.8 Å². The van der Waals surface area contributed by atoms with Gasteiger partial charge in [-0.1, -0.05) is 58.3 Å². The molecule has 2 unspecified atom stereocenters. The Morgan fingerprint density at radius 1 is 1.09 bits per heavy atom. The van der Waals surface area contributed by atoms with Gasteiger partial charge in [0.1, 0.15) is 10.4 Å². The number of carbonyl (C=O) groups is 1. The molecule has 0 aromatic heterocycles. The van der Waals surface area contributed by atoms with Crippen LogP contribution >= 0.6 is 36.2 Å². The molecule has 2 aliphatic rings. The third kappa shape index (κ3) is 4.20. The van der Waals surface area contributed by atoms with Gasteiger partial charge < -0.3 is 14.5 Å². The van der Waals surface area contributed by atoms with Crippen LogP contribution in [0.3, 0.4) is 0 Å². The molecule has 0 saturated carbocycles. The number of nitrogens with zero attached hydrogens (tertiary/aromatic N) is 2. The minimum atomic E-state index is -0.229. The van der Waals surface area contributed by atoms with Crippen molar-refractivity contribution in [1.29, 1.82) is 0 Å². The van der Waals surface area contributed by atoms with Crippen molar-refractivity contribution in [1.82, 2.24) is 9.80 Å². The molecule has 7 heteroatoms. The molecule has 0 radical (unpaired) electrons. The molecule has 2 fully saturated rings. The van der Waals surface area contributed by atoms with Crippen LogP contribution in [0.4, 0.5) is 0 Å². The molecule has 0 bridgehead atoms. The van der Waals surface area contributed by atoms with Crippen molar-refractivity contribution in [3.63, 3.8) is 0 Å². The van der Waals surface area contributed by atoms with Gasteiger partial charge in [0.05, 0.1) is 6.04 Å². The van der Waals surface area contributed by atoms with E-state index >= 15 is 0 Å². The largest absolute Gasteiger partial charge is 0.397 e. The van der Waals surface area contributed by atoms with Gasteiger partial charge in [-0.05, 0) is 24.1 Å². The van der Waals surface area contributed by atoms with Gasteiger partial charge in [-0.25, -0.2) is 4.79 Å². The highest BCUT2D eigenvalue weighted by Crippen LogP contribution is 2.36. The Balaban J connectivity index is 0.000000220. The number of thioether (sulfide) groups is 1. The summed E-state index contributed by atoms with van der Waals surface area (Å²) in [7, 11) is 3.82. The minimum absolute atomic E-state index is 0.192. The van der Waals surface area contributed by atoms with Gasteiger partial charge in [0.2, 0.25) is 0 Å². The lowest BCUT2D eigenvalue weighted by Gasteiger charge is -2.23. The van der Waals surface area contributed by atoms with Crippen LogP contribution < -0.4 is 0 Å².